The van der Waals surface area contributed by atoms with E-state index in [1.165, 1.54) is 6.33 Å². The molecule has 1 N–H and O–H groups in total. The van der Waals surface area contributed by atoms with Crippen LogP contribution in [0.5, 0.6) is 0 Å². The predicted octanol–water partition coefficient (Wildman–Crippen LogP) is 3.87. The highest BCUT2D eigenvalue weighted by Gasteiger charge is 2.28. The summed E-state index contributed by atoms with van der Waals surface area (Å²) in [6.07, 6.45) is 3.20. The number of carbonyl (C=O) groups excluding carboxylic acids is 1. The lowest BCUT2D eigenvalue weighted by molar-refractivity contribution is 0.155. The molecule has 0 atom stereocenters. The minimum absolute atomic E-state index is 0.227. The second-order valence-electron chi connectivity index (χ2n) is 4.88. The van der Waals surface area contributed by atoms with Crippen molar-refractivity contribution in [2.24, 2.45) is 0 Å². The summed E-state index contributed by atoms with van der Waals surface area (Å²) in [5, 5.41) is 2.64. The van der Waals surface area contributed by atoms with Gasteiger partial charge in [0, 0.05) is 5.92 Å². The standard InChI is InChI=1S/C15H14BrN3O2/c16-12-13(11-6-7-11)17-9-18-14(12)19-15(20)21-8-10-4-2-1-3-5-10/h1-5,9,11H,6-8H2,(H,17,18,19,20). The number of hydrogen-bond acceptors (Lipinski definition) is 4. The molecule has 1 heterocycles. The van der Waals surface area contributed by atoms with Gasteiger partial charge in [0.1, 0.15) is 12.9 Å². The first-order chi connectivity index (χ1) is 10.2. The summed E-state index contributed by atoms with van der Waals surface area (Å²) in [4.78, 5) is 20.1. The van der Waals surface area contributed by atoms with Crippen LogP contribution in [0.1, 0.15) is 30.0 Å². The third-order valence-electron chi connectivity index (χ3n) is 3.21. The lowest BCUT2D eigenvalue weighted by Crippen LogP contribution is -2.15. The SMILES string of the molecule is O=C(Nc1ncnc(C2CC2)c1Br)OCc1ccccc1. The number of anilines is 1. The summed E-state index contributed by atoms with van der Waals surface area (Å²) in [5.74, 6) is 0.924. The van der Waals surface area contributed by atoms with Crippen molar-refractivity contribution >= 4 is 27.8 Å². The molecule has 1 aliphatic rings. The van der Waals surface area contributed by atoms with Gasteiger partial charge in [0.25, 0.3) is 0 Å². The van der Waals surface area contributed by atoms with Crippen molar-refractivity contribution in [1.82, 2.24) is 9.97 Å². The zero-order valence-electron chi connectivity index (χ0n) is 11.3. The molecule has 0 bridgehead atoms. The summed E-state index contributed by atoms with van der Waals surface area (Å²) in [6, 6.07) is 9.53. The van der Waals surface area contributed by atoms with Crippen LogP contribution in [0.2, 0.25) is 0 Å². The lowest BCUT2D eigenvalue weighted by Gasteiger charge is -2.09. The maximum absolute atomic E-state index is 11.8. The fourth-order valence-electron chi connectivity index (χ4n) is 1.97. The molecule has 2 aromatic rings. The van der Waals surface area contributed by atoms with Crippen molar-refractivity contribution in [3.05, 3.63) is 52.4 Å². The minimum atomic E-state index is -0.528. The molecule has 21 heavy (non-hydrogen) atoms. The third-order valence-corrected chi connectivity index (χ3v) is 4.00. The Hall–Kier alpha value is -1.95. The number of rotatable bonds is 4. The van der Waals surface area contributed by atoms with E-state index in [0.29, 0.717) is 11.7 Å². The summed E-state index contributed by atoms with van der Waals surface area (Å²) in [7, 11) is 0. The topological polar surface area (TPSA) is 64.1 Å². The fourth-order valence-corrected chi connectivity index (χ4v) is 2.60. The Kier molecular flexibility index (Phi) is 4.15. The third kappa shape index (κ3) is 3.58. The van der Waals surface area contributed by atoms with Gasteiger partial charge in [-0.15, -0.1) is 0 Å². The first kappa shape index (κ1) is 14.0. The van der Waals surface area contributed by atoms with Crippen molar-refractivity contribution in [3.8, 4) is 0 Å². The molecule has 0 saturated heterocycles. The largest absolute Gasteiger partial charge is 0.444 e. The molecule has 1 amide bonds. The normalized spacial score (nSPS) is 13.8. The van der Waals surface area contributed by atoms with E-state index in [4.69, 9.17) is 4.74 Å². The van der Waals surface area contributed by atoms with Gasteiger partial charge in [-0.05, 0) is 34.3 Å². The highest BCUT2D eigenvalue weighted by atomic mass is 79.9. The van der Waals surface area contributed by atoms with Crippen LogP contribution in [0.3, 0.4) is 0 Å². The van der Waals surface area contributed by atoms with E-state index in [2.05, 4.69) is 31.2 Å². The highest BCUT2D eigenvalue weighted by molar-refractivity contribution is 9.10. The Morgan fingerprint density at radius 3 is 2.76 bits per heavy atom. The first-order valence-corrected chi connectivity index (χ1v) is 7.51. The average Bonchev–Trinajstić information content (AvgIpc) is 3.33. The van der Waals surface area contributed by atoms with E-state index >= 15 is 0 Å². The van der Waals surface area contributed by atoms with Crippen molar-refractivity contribution in [1.29, 1.82) is 0 Å². The zero-order valence-corrected chi connectivity index (χ0v) is 12.8. The van der Waals surface area contributed by atoms with Crippen molar-refractivity contribution in [2.45, 2.75) is 25.4 Å². The molecular weight excluding hydrogens is 334 g/mol. The quantitative estimate of drug-likeness (QED) is 0.911. The van der Waals surface area contributed by atoms with Crippen LogP contribution in [-0.2, 0) is 11.3 Å². The Morgan fingerprint density at radius 2 is 2.05 bits per heavy atom. The smallest absolute Gasteiger partial charge is 0.413 e. The van der Waals surface area contributed by atoms with E-state index in [1.807, 2.05) is 30.3 Å². The second-order valence-corrected chi connectivity index (χ2v) is 5.68. The molecular formula is C15H14BrN3O2. The number of ether oxygens (including phenoxy) is 1. The minimum Gasteiger partial charge on any atom is -0.444 e. The molecule has 0 unspecified atom stereocenters. The van der Waals surface area contributed by atoms with Gasteiger partial charge in [-0.3, -0.25) is 5.32 Å². The van der Waals surface area contributed by atoms with Crippen molar-refractivity contribution in [3.63, 3.8) is 0 Å². The van der Waals surface area contributed by atoms with Crippen LogP contribution in [0.25, 0.3) is 0 Å². The summed E-state index contributed by atoms with van der Waals surface area (Å²) in [6.45, 7) is 0.227. The van der Waals surface area contributed by atoms with Gasteiger partial charge in [0.2, 0.25) is 0 Å². The first-order valence-electron chi connectivity index (χ1n) is 6.72. The molecule has 6 heteroatoms. The highest BCUT2D eigenvalue weighted by Crippen LogP contribution is 2.43. The summed E-state index contributed by atoms with van der Waals surface area (Å²) in [5.41, 5.74) is 1.89. The molecule has 5 nitrogen and oxygen atoms in total. The summed E-state index contributed by atoms with van der Waals surface area (Å²) >= 11 is 3.45. The maximum Gasteiger partial charge on any atom is 0.413 e. The summed E-state index contributed by atoms with van der Waals surface area (Å²) < 4.78 is 5.91. The molecule has 3 rings (SSSR count). The van der Waals surface area contributed by atoms with Crippen LogP contribution < -0.4 is 5.32 Å². The molecule has 1 fully saturated rings. The Bertz CT molecular complexity index is 645. The van der Waals surface area contributed by atoms with Crippen LogP contribution in [0.4, 0.5) is 10.6 Å². The molecule has 108 valence electrons. The Morgan fingerprint density at radius 1 is 1.29 bits per heavy atom. The predicted molar refractivity (Wildman–Crippen MR) is 82.0 cm³/mol. The molecule has 1 aromatic heterocycles. The van der Waals surface area contributed by atoms with Gasteiger partial charge < -0.3 is 4.74 Å². The average molecular weight is 348 g/mol. The van der Waals surface area contributed by atoms with Gasteiger partial charge in [0.05, 0.1) is 10.2 Å². The number of nitrogens with zero attached hydrogens (tertiary/aromatic N) is 2. The lowest BCUT2D eigenvalue weighted by atomic mass is 10.2. The Labute approximate surface area is 130 Å². The van der Waals surface area contributed by atoms with E-state index in [0.717, 1.165) is 28.6 Å². The van der Waals surface area contributed by atoms with Gasteiger partial charge in [-0.25, -0.2) is 14.8 Å². The number of hydrogen-bond donors (Lipinski definition) is 1. The van der Waals surface area contributed by atoms with Crippen LogP contribution in [-0.4, -0.2) is 16.1 Å². The van der Waals surface area contributed by atoms with E-state index < -0.39 is 6.09 Å². The number of carbonyl (C=O) groups is 1. The number of amides is 1. The van der Waals surface area contributed by atoms with Crippen molar-refractivity contribution in [2.75, 3.05) is 5.32 Å². The number of nitrogens with one attached hydrogen (secondary N) is 1. The molecule has 1 aromatic carbocycles. The maximum atomic E-state index is 11.8. The van der Waals surface area contributed by atoms with Gasteiger partial charge in [-0.1, -0.05) is 30.3 Å². The monoisotopic (exact) mass is 347 g/mol. The molecule has 1 aliphatic carbocycles. The number of aromatic nitrogens is 2. The zero-order chi connectivity index (χ0) is 14.7. The van der Waals surface area contributed by atoms with Gasteiger partial charge in [0.15, 0.2) is 5.82 Å². The number of benzene rings is 1. The molecule has 0 spiro atoms. The second kappa shape index (κ2) is 6.22. The van der Waals surface area contributed by atoms with Crippen LogP contribution in [0.15, 0.2) is 41.1 Å². The van der Waals surface area contributed by atoms with Crippen LogP contribution in [0, 0.1) is 0 Å². The molecule has 1 saturated carbocycles. The van der Waals surface area contributed by atoms with Gasteiger partial charge in [-0.2, -0.15) is 0 Å². The molecule has 0 aliphatic heterocycles. The Balaban J connectivity index is 1.61. The van der Waals surface area contributed by atoms with E-state index in [-0.39, 0.29) is 6.61 Å². The van der Waals surface area contributed by atoms with E-state index in [1.54, 1.807) is 0 Å². The van der Waals surface area contributed by atoms with E-state index in [9.17, 15) is 4.79 Å². The number of halogens is 1. The van der Waals surface area contributed by atoms with Crippen LogP contribution >= 0.6 is 15.9 Å². The van der Waals surface area contributed by atoms with Crippen molar-refractivity contribution < 1.29 is 9.53 Å². The molecule has 0 radical (unpaired) electrons. The van der Waals surface area contributed by atoms with Gasteiger partial charge >= 0.3 is 6.09 Å². The fraction of sp³-hybridized carbons (Fsp3) is 0.267.